The van der Waals surface area contributed by atoms with E-state index in [4.69, 9.17) is 0 Å². The molecule has 1 N–H and O–H groups in total. The molecule has 0 radical (unpaired) electrons. The number of benzene rings is 1. The molecule has 0 aliphatic carbocycles. The fraction of sp³-hybridized carbons (Fsp3) is 0.450. The van der Waals surface area contributed by atoms with Crippen molar-refractivity contribution < 1.29 is 4.79 Å². The van der Waals surface area contributed by atoms with E-state index < -0.39 is 0 Å². The van der Waals surface area contributed by atoms with Crippen LogP contribution in [0.2, 0.25) is 0 Å². The molecule has 3 rings (SSSR count). The van der Waals surface area contributed by atoms with Crippen molar-refractivity contribution in [2.75, 3.05) is 23.3 Å². The van der Waals surface area contributed by atoms with Crippen molar-refractivity contribution in [2.24, 2.45) is 5.92 Å². The van der Waals surface area contributed by atoms with Gasteiger partial charge in [0.2, 0.25) is 0 Å². The van der Waals surface area contributed by atoms with Gasteiger partial charge in [0.25, 0.3) is 5.91 Å². The molecule has 5 heteroatoms. The summed E-state index contributed by atoms with van der Waals surface area (Å²) in [5, 5.41) is 2.97. The molecule has 1 aromatic heterocycles. The summed E-state index contributed by atoms with van der Waals surface area (Å²) in [6.07, 6.45) is 5.72. The van der Waals surface area contributed by atoms with E-state index in [1.54, 1.807) is 12.4 Å². The second-order valence-corrected chi connectivity index (χ2v) is 7.18. The summed E-state index contributed by atoms with van der Waals surface area (Å²) >= 11 is 0. The highest BCUT2D eigenvalue weighted by atomic mass is 16.1. The minimum Gasteiger partial charge on any atom is -0.355 e. The van der Waals surface area contributed by atoms with Crippen LogP contribution in [-0.4, -0.2) is 29.0 Å². The molecule has 1 aromatic carbocycles. The lowest BCUT2D eigenvalue weighted by Crippen LogP contribution is -2.35. The maximum atomic E-state index is 12.5. The highest BCUT2D eigenvalue weighted by molar-refractivity contribution is 6.03. The quantitative estimate of drug-likeness (QED) is 0.922. The zero-order valence-electron chi connectivity index (χ0n) is 15.5. The van der Waals surface area contributed by atoms with E-state index in [0.29, 0.717) is 11.6 Å². The summed E-state index contributed by atoms with van der Waals surface area (Å²) in [7, 11) is 0. The average Bonchev–Trinajstić information content (AvgIpc) is 2.58. The molecule has 1 atom stereocenters. The Morgan fingerprint density at radius 2 is 1.88 bits per heavy atom. The van der Waals surface area contributed by atoms with Gasteiger partial charge in [-0.3, -0.25) is 4.79 Å². The first-order chi connectivity index (χ1) is 11.9. The first-order valence-corrected chi connectivity index (χ1v) is 8.90. The first kappa shape index (κ1) is 17.4. The number of carbonyl (C=O) groups is 1. The molecular formula is C20H26N4O. The monoisotopic (exact) mass is 338 g/mol. The molecule has 1 fully saturated rings. The van der Waals surface area contributed by atoms with Crippen LogP contribution in [0.1, 0.15) is 46.9 Å². The van der Waals surface area contributed by atoms with Crippen molar-refractivity contribution in [1.29, 1.82) is 0 Å². The molecule has 2 heterocycles. The fourth-order valence-electron chi connectivity index (χ4n) is 3.55. The van der Waals surface area contributed by atoms with Crippen LogP contribution in [0.5, 0.6) is 0 Å². The van der Waals surface area contributed by atoms with Gasteiger partial charge in [-0.25, -0.2) is 9.97 Å². The Hall–Kier alpha value is -2.43. The van der Waals surface area contributed by atoms with E-state index >= 15 is 0 Å². The maximum absolute atomic E-state index is 12.5. The molecule has 0 spiro atoms. The summed E-state index contributed by atoms with van der Waals surface area (Å²) in [5.41, 5.74) is 4.49. The molecule has 0 bridgehead atoms. The lowest BCUT2D eigenvalue weighted by atomic mass is 10.0. The number of aryl methyl sites for hydroxylation is 3. The summed E-state index contributed by atoms with van der Waals surface area (Å²) in [4.78, 5) is 23.6. The molecule has 1 amide bonds. The Labute approximate surface area is 149 Å². The molecule has 25 heavy (non-hydrogen) atoms. The third-order valence-electron chi connectivity index (χ3n) is 4.77. The highest BCUT2D eigenvalue weighted by Gasteiger charge is 2.18. The molecule has 1 saturated heterocycles. The van der Waals surface area contributed by atoms with E-state index in [-0.39, 0.29) is 5.91 Å². The zero-order chi connectivity index (χ0) is 18.0. The molecule has 1 aliphatic heterocycles. The van der Waals surface area contributed by atoms with Gasteiger partial charge >= 0.3 is 0 Å². The molecule has 1 unspecified atom stereocenters. The number of amides is 1. The molecule has 132 valence electrons. The van der Waals surface area contributed by atoms with Crippen LogP contribution in [0.25, 0.3) is 0 Å². The minimum absolute atomic E-state index is 0.221. The van der Waals surface area contributed by atoms with Gasteiger partial charge in [-0.15, -0.1) is 0 Å². The number of rotatable bonds is 3. The largest absolute Gasteiger partial charge is 0.355 e. The average molecular weight is 338 g/mol. The van der Waals surface area contributed by atoms with Gasteiger partial charge in [0, 0.05) is 18.8 Å². The van der Waals surface area contributed by atoms with Gasteiger partial charge in [0.1, 0.15) is 11.5 Å². The standard InChI is InChI=1S/C20H26N4O/c1-13-6-5-7-24(12-13)18-11-21-17(10-22-18)20(25)23-19-15(3)8-14(2)9-16(19)4/h8-11,13H,5-7,12H2,1-4H3,(H,23,25). The number of hydrogen-bond donors (Lipinski definition) is 1. The number of anilines is 2. The molecule has 0 saturated carbocycles. The van der Waals surface area contributed by atoms with Crippen LogP contribution in [0.3, 0.4) is 0 Å². The van der Waals surface area contributed by atoms with Gasteiger partial charge in [0.15, 0.2) is 0 Å². The highest BCUT2D eigenvalue weighted by Crippen LogP contribution is 2.23. The summed E-state index contributed by atoms with van der Waals surface area (Å²) < 4.78 is 0. The first-order valence-electron chi connectivity index (χ1n) is 8.90. The third-order valence-corrected chi connectivity index (χ3v) is 4.77. The van der Waals surface area contributed by atoms with Gasteiger partial charge in [-0.2, -0.15) is 0 Å². The maximum Gasteiger partial charge on any atom is 0.275 e. The lowest BCUT2D eigenvalue weighted by Gasteiger charge is -2.31. The number of aromatic nitrogens is 2. The predicted octanol–water partition coefficient (Wildman–Crippen LogP) is 3.89. The Kier molecular flexibility index (Phi) is 5.02. The summed E-state index contributed by atoms with van der Waals surface area (Å²) in [5.74, 6) is 1.30. The van der Waals surface area contributed by atoms with Gasteiger partial charge in [-0.1, -0.05) is 24.6 Å². The Bertz CT molecular complexity index is 747. The van der Waals surface area contributed by atoms with E-state index in [1.165, 1.54) is 18.4 Å². The van der Waals surface area contributed by atoms with E-state index in [9.17, 15) is 4.79 Å². The Balaban J connectivity index is 1.73. The van der Waals surface area contributed by atoms with Gasteiger partial charge in [0.05, 0.1) is 12.4 Å². The van der Waals surface area contributed by atoms with Crippen molar-refractivity contribution >= 4 is 17.4 Å². The van der Waals surface area contributed by atoms with Crippen molar-refractivity contribution in [3.63, 3.8) is 0 Å². The van der Waals surface area contributed by atoms with Crippen LogP contribution in [0.15, 0.2) is 24.5 Å². The predicted molar refractivity (Wildman–Crippen MR) is 101 cm³/mol. The number of nitrogens with zero attached hydrogens (tertiary/aromatic N) is 3. The number of piperidine rings is 1. The number of nitrogens with one attached hydrogen (secondary N) is 1. The second-order valence-electron chi connectivity index (χ2n) is 7.18. The van der Waals surface area contributed by atoms with E-state index in [2.05, 4.69) is 46.2 Å². The van der Waals surface area contributed by atoms with Crippen LogP contribution in [0, 0.1) is 26.7 Å². The van der Waals surface area contributed by atoms with Crippen LogP contribution in [-0.2, 0) is 0 Å². The molecular weight excluding hydrogens is 312 g/mol. The van der Waals surface area contributed by atoms with Crippen molar-refractivity contribution in [1.82, 2.24) is 9.97 Å². The topological polar surface area (TPSA) is 58.1 Å². The van der Waals surface area contributed by atoms with E-state index in [1.807, 2.05) is 13.8 Å². The number of hydrogen-bond acceptors (Lipinski definition) is 4. The van der Waals surface area contributed by atoms with Crippen molar-refractivity contribution in [3.8, 4) is 0 Å². The van der Waals surface area contributed by atoms with Crippen LogP contribution in [0.4, 0.5) is 11.5 Å². The smallest absolute Gasteiger partial charge is 0.275 e. The summed E-state index contributed by atoms with van der Waals surface area (Å²) in [6.45, 7) is 10.3. The number of carbonyl (C=O) groups excluding carboxylic acids is 1. The molecule has 2 aromatic rings. The van der Waals surface area contributed by atoms with Gasteiger partial charge in [-0.05, 0) is 50.7 Å². The van der Waals surface area contributed by atoms with E-state index in [0.717, 1.165) is 35.7 Å². The van der Waals surface area contributed by atoms with Crippen LogP contribution >= 0.6 is 0 Å². The normalized spacial score (nSPS) is 17.4. The SMILES string of the molecule is Cc1cc(C)c(NC(=O)c2cnc(N3CCCC(C)C3)cn2)c(C)c1. The van der Waals surface area contributed by atoms with Crippen molar-refractivity contribution in [2.45, 2.75) is 40.5 Å². The fourth-order valence-corrected chi connectivity index (χ4v) is 3.55. The minimum atomic E-state index is -0.221. The molecule has 1 aliphatic rings. The van der Waals surface area contributed by atoms with Crippen LogP contribution < -0.4 is 10.2 Å². The lowest BCUT2D eigenvalue weighted by molar-refractivity contribution is 0.102. The Morgan fingerprint density at radius 3 is 2.48 bits per heavy atom. The zero-order valence-corrected chi connectivity index (χ0v) is 15.5. The second kappa shape index (κ2) is 7.21. The van der Waals surface area contributed by atoms with Gasteiger partial charge < -0.3 is 10.2 Å². The molecule has 5 nitrogen and oxygen atoms in total. The third kappa shape index (κ3) is 3.98. The van der Waals surface area contributed by atoms with Crippen molar-refractivity contribution in [3.05, 3.63) is 46.9 Å². The Morgan fingerprint density at radius 1 is 1.16 bits per heavy atom. The summed E-state index contributed by atoms with van der Waals surface area (Å²) in [6, 6.07) is 4.13.